The Balaban J connectivity index is 2.39. The highest BCUT2D eigenvalue weighted by Crippen LogP contribution is 2.29. The van der Waals surface area contributed by atoms with E-state index in [1.54, 1.807) is 0 Å². The van der Waals surface area contributed by atoms with Gasteiger partial charge >= 0.3 is 0 Å². The lowest BCUT2D eigenvalue weighted by Gasteiger charge is -2.07. The van der Waals surface area contributed by atoms with Gasteiger partial charge in [0.25, 0.3) is 0 Å². The molecule has 2 heterocycles. The van der Waals surface area contributed by atoms with Crippen LogP contribution in [0.3, 0.4) is 0 Å². The predicted molar refractivity (Wildman–Crippen MR) is 91.0 cm³/mol. The van der Waals surface area contributed by atoms with Crippen molar-refractivity contribution in [3.8, 4) is 0 Å². The SMILES string of the molecule is CCCCc1c(I)c(C)c2ccc3ccccc3n12. The third kappa shape index (κ3) is 2.06. The average molecular weight is 363 g/mol. The number of unbranched alkanes of at least 4 members (excludes halogenated alkanes) is 1. The Kier molecular flexibility index (Phi) is 3.52. The van der Waals surface area contributed by atoms with Gasteiger partial charge < -0.3 is 4.40 Å². The number of aryl methyl sites for hydroxylation is 2. The number of aromatic nitrogens is 1. The first-order chi connectivity index (χ1) is 9.24. The fourth-order valence-electron chi connectivity index (χ4n) is 2.78. The fourth-order valence-corrected chi connectivity index (χ4v) is 3.57. The summed E-state index contributed by atoms with van der Waals surface area (Å²) in [4.78, 5) is 0. The van der Waals surface area contributed by atoms with E-state index in [0.29, 0.717) is 0 Å². The number of rotatable bonds is 3. The topological polar surface area (TPSA) is 4.41 Å². The second-order valence-electron chi connectivity index (χ2n) is 5.10. The molecule has 0 aliphatic heterocycles. The molecule has 3 rings (SSSR count). The summed E-state index contributed by atoms with van der Waals surface area (Å²) in [5.74, 6) is 0. The first-order valence-electron chi connectivity index (χ1n) is 6.91. The number of para-hydroxylation sites is 1. The summed E-state index contributed by atoms with van der Waals surface area (Å²) < 4.78 is 3.89. The molecule has 2 aromatic heterocycles. The minimum absolute atomic E-state index is 1.16. The van der Waals surface area contributed by atoms with E-state index >= 15 is 0 Å². The molecule has 19 heavy (non-hydrogen) atoms. The normalized spacial score (nSPS) is 11.5. The molecule has 0 unspecified atom stereocenters. The summed E-state index contributed by atoms with van der Waals surface area (Å²) >= 11 is 2.51. The molecule has 1 aromatic carbocycles. The molecular formula is C17H18IN. The van der Waals surface area contributed by atoms with E-state index in [2.05, 4.69) is 77.2 Å². The molecule has 2 heteroatoms. The van der Waals surface area contributed by atoms with Gasteiger partial charge in [-0.05, 0) is 65.4 Å². The molecule has 0 atom stereocenters. The Hall–Kier alpha value is -1.03. The first-order valence-corrected chi connectivity index (χ1v) is 7.99. The zero-order valence-corrected chi connectivity index (χ0v) is 13.6. The summed E-state index contributed by atoms with van der Waals surface area (Å²) in [7, 11) is 0. The lowest BCUT2D eigenvalue weighted by atomic mass is 10.2. The van der Waals surface area contributed by atoms with Crippen LogP contribution >= 0.6 is 22.6 Å². The van der Waals surface area contributed by atoms with E-state index in [9.17, 15) is 0 Å². The van der Waals surface area contributed by atoms with Gasteiger partial charge in [0.2, 0.25) is 0 Å². The highest BCUT2D eigenvalue weighted by molar-refractivity contribution is 14.1. The zero-order valence-electron chi connectivity index (χ0n) is 11.4. The van der Waals surface area contributed by atoms with Crippen molar-refractivity contribution in [1.82, 2.24) is 4.40 Å². The van der Waals surface area contributed by atoms with Gasteiger partial charge in [0.15, 0.2) is 0 Å². The first kappa shape index (κ1) is 13.0. The standard InChI is InChI=1S/C17H18IN/c1-3-4-8-16-17(18)12(2)14-11-10-13-7-5-6-9-15(13)19(14)16/h5-7,9-11H,3-4,8H2,1-2H3. The Morgan fingerprint density at radius 3 is 2.63 bits per heavy atom. The third-order valence-corrected chi connectivity index (χ3v) is 5.27. The van der Waals surface area contributed by atoms with Crippen LogP contribution in [-0.2, 0) is 6.42 Å². The molecule has 0 spiro atoms. The van der Waals surface area contributed by atoms with Crippen LogP contribution in [0.15, 0.2) is 36.4 Å². The van der Waals surface area contributed by atoms with Gasteiger partial charge in [-0.1, -0.05) is 37.6 Å². The molecular weight excluding hydrogens is 345 g/mol. The number of nitrogens with zero attached hydrogens (tertiary/aromatic N) is 1. The molecule has 0 bridgehead atoms. The maximum Gasteiger partial charge on any atom is 0.0531 e. The molecule has 0 radical (unpaired) electrons. The monoisotopic (exact) mass is 363 g/mol. The van der Waals surface area contributed by atoms with Crippen LogP contribution in [0, 0.1) is 10.5 Å². The van der Waals surface area contributed by atoms with Crippen LogP contribution in [0.5, 0.6) is 0 Å². The average Bonchev–Trinajstić information content (AvgIpc) is 2.69. The summed E-state index contributed by atoms with van der Waals surface area (Å²) in [6.07, 6.45) is 3.66. The summed E-state index contributed by atoms with van der Waals surface area (Å²) in [6.45, 7) is 4.49. The van der Waals surface area contributed by atoms with Crippen molar-refractivity contribution < 1.29 is 0 Å². The number of hydrogen-bond donors (Lipinski definition) is 0. The maximum atomic E-state index is 2.51. The van der Waals surface area contributed by atoms with Crippen LogP contribution in [0.1, 0.15) is 31.0 Å². The van der Waals surface area contributed by atoms with Gasteiger partial charge in [-0.15, -0.1) is 0 Å². The summed E-state index contributed by atoms with van der Waals surface area (Å²) in [6, 6.07) is 13.2. The van der Waals surface area contributed by atoms with E-state index in [4.69, 9.17) is 0 Å². The quantitative estimate of drug-likeness (QED) is 0.553. The number of fused-ring (bicyclic) bond motifs is 3. The maximum absolute atomic E-state index is 2.51. The second-order valence-corrected chi connectivity index (χ2v) is 6.18. The Morgan fingerprint density at radius 2 is 1.84 bits per heavy atom. The van der Waals surface area contributed by atoms with E-state index in [0.717, 1.165) is 6.42 Å². The molecule has 0 N–H and O–H groups in total. The molecule has 0 aliphatic rings. The van der Waals surface area contributed by atoms with E-state index < -0.39 is 0 Å². The lowest BCUT2D eigenvalue weighted by Crippen LogP contribution is -1.96. The van der Waals surface area contributed by atoms with E-state index in [-0.39, 0.29) is 0 Å². The predicted octanol–water partition coefficient (Wildman–Crippen LogP) is 5.35. The Labute approximate surface area is 127 Å². The zero-order chi connectivity index (χ0) is 13.4. The minimum Gasteiger partial charge on any atom is -0.312 e. The molecule has 1 nitrogen and oxygen atoms in total. The summed E-state index contributed by atoms with van der Waals surface area (Å²) in [5.41, 5.74) is 5.58. The van der Waals surface area contributed by atoms with E-state index in [1.165, 1.54) is 44.1 Å². The Bertz CT molecular complexity index is 740. The van der Waals surface area contributed by atoms with Gasteiger partial charge in [0.1, 0.15) is 0 Å². The number of hydrogen-bond acceptors (Lipinski definition) is 0. The molecule has 0 aliphatic carbocycles. The van der Waals surface area contributed by atoms with Crippen LogP contribution in [0.25, 0.3) is 16.4 Å². The number of benzene rings is 1. The molecule has 0 saturated carbocycles. The van der Waals surface area contributed by atoms with Crippen molar-refractivity contribution in [3.05, 3.63) is 51.2 Å². The Morgan fingerprint density at radius 1 is 1.05 bits per heavy atom. The van der Waals surface area contributed by atoms with Gasteiger partial charge in [0, 0.05) is 14.8 Å². The van der Waals surface area contributed by atoms with Crippen molar-refractivity contribution in [3.63, 3.8) is 0 Å². The molecule has 0 amide bonds. The molecule has 98 valence electrons. The van der Waals surface area contributed by atoms with Crippen molar-refractivity contribution in [2.75, 3.05) is 0 Å². The number of pyridine rings is 1. The van der Waals surface area contributed by atoms with Crippen molar-refractivity contribution >= 4 is 39.0 Å². The lowest BCUT2D eigenvalue weighted by molar-refractivity contribution is 0.771. The van der Waals surface area contributed by atoms with Crippen molar-refractivity contribution in [2.24, 2.45) is 0 Å². The highest BCUT2D eigenvalue weighted by atomic mass is 127. The highest BCUT2D eigenvalue weighted by Gasteiger charge is 2.14. The second kappa shape index (κ2) is 5.16. The molecule has 3 aromatic rings. The van der Waals surface area contributed by atoms with Gasteiger partial charge in [0.05, 0.1) is 5.52 Å². The van der Waals surface area contributed by atoms with Gasteiger partial charge in [-0.3, -0.25) is 0 Å². The van der Waals surface area contributed by atoms with Crippen LogP contribution in [0.4, 0.5) is 0 Å². The molecule has 0 saturated heterocycles. The van der Waals surface area contributed by atoms with Gasteiger partial charge in [-0.25, -0.2) is 0 Å². The van der Waals surface area contributed by atoms with Crippen molar-refractivity contribution in [2.45, 2.75) is 33.1 Å². The fraction of sp³-hybridized carbons (Fsp3) is 0.294. The largest absolute Gasteiger partial charge is 0.312 e. The minimum atomic E-state index is 1.16. The third-order valence-electron chi connectivity index (χ3n) is 3.84. The van der Waals surface area contributed by atoms with Crippen LogP contribution in [-0.4, -0.2) is 4.40 Å². The van der Waals surface area contributed by atoms with Gasteiger partial charge in [-0.2, -0.15) is 0 Å². The summed E-state index contributed by atoms with van der Waals surface area (Å²) in [5, 5.41) is 1.32. The van der Waals surface area contributed by atoms with Crippen LogP contribution in [0.2, 0.25) is 0 Å². The smallest absolute Gasteiger partial charge is 0.0531 e. The molecule has 0 fully saturated rings. The van der Waals surface area contributed by atoms with Crippen LogP contribution < -0.4 is 0 Å². The van der Waals surface area contributed by atoms with Crippen molar-refractivity contribution in [1.29, 1.82) is 0 Å². The van der Waals surface area contributed by atoms with E-state index in [1.807, 2.05) is 0 Å². The number of halogens is 1.